The number of carboxylic acids is 2. The van der Waals surface area contributed by atoms with Crippen molar-refractivity contribution in [1.29, 1.82) is 0 Å². The van der Waals surface area contributed by atoms with Gasteiger partial charge in [-0.1, -0.05) is 25.5 Å². The second kappa shape index (κ2) is 6.88. The minimum absolute atomic E-state index is 0.240. The third-order valence-corrected chi connectivity index (χ3v) is 1.61. The minimum Gasteiger partial charge on any atom is -0.478 e. The summed E-state index contributed by atoms with van der Waals surface area (Å²) in [6.07, 6.45) is 5.64. The Morgan fingerprint density at radius 3 is 2.36 bits per heavy atom. The number of hydrogen-bond acceptors (Lipinski definition) is 2. The number of carboxylic acid groups (broad SMARTS) is 2. The van der Waals surface area contributed by atoms with E-state index in [1.54, 1.807) is 0 Å². The highest BCUT2D eigenvalue weighted by molar-refractivity contribution is 5.87. The first-order chi connectivity index (χ1) is 6.57. The molecule has 0 aliphatic rings. The van der Waals surface area contributed by atoms with Crippen LogP contribution in [0.5, 0.6) is 0 Å². The second-order valence-corrected chi connectivity index (χ2v) is 2.80. The number of unbranched alkanes of at least 4 members (excludes halogenated alkanes) is 1. The summed E-state index contributed by atoms with van der Waals surface area (Å²) in [6, 6.07) is 0. The molecule has 0 aliphatic carbocycles. The summed E-state index contributed by atoms with van der Waals surface area (Å²) in [6.45, 7) is 1.96. The third-order valence-electron chi connectivity index (χ3n) is 1.61. The lowest BCUT2D eigenvalue weighted by molar-refractivity contribution is -0.133. The van der Waals surface area contributed by atoms with Gasteiger partial charge in [0, 0.05) is 11.6 Å². The highest BCUT2D eigenvalue weighted by atomic mass is 16.4. The Morgan fingerprint density at radius 2 is 1.93 bits per heavy atom. The molecular formula is C10H14O4. The Kier molecular flexibility index (Phi) is 6.11. The molecule has 0 aromatic heterocycles. The predicted octanol–water partition coefficient (Wildman–Crippen LogP) is 1.83. The molecular weight excluding hydrogens is 184 g/mol. The monoisotopic (exact) mass is 198 g/mol. The Bertz CT molecular complexity index is 263. The molecule has 0 unspecified atom stereocenters. The van der Waals surface area contributed by atoms with E-state index in [4.69, 9.17) is 10.2 Å². The minimum atomic E-state index is -1.08. The van der Waals surface area contributed by atoms with Crippen LogP contribution in [0.1, 0.15) is 26.2 Å². The number of carbonyl (C=O) groups is 2. The molecule has 0 aromatic carbocycles. The van der Waals surface area contributed by atoms with E-state index < -0.39 is 11.9 Å². The van der Waals surface area contributed by atoms with Crippen molar-refractivity contribution in [3.05, 3.63) is 23.8 Å². The van der Waals surface area contributed by atoms with Gasteiger partial charge in [0.15, 0.2) is 0 Å². The maximum absolute atomic E-state index is 10.6. The van der Waals surface area contributed by atoms with Gasteiger partial charge in [-0.05, 0) is 12.8 Å². The highest BCUT2D eigenvalue weighted by Crippen LogP contribution is 2.07. The van der Waals surface area contributed by atoms with Crippen LogP contribution >= 0.6 is 0 Å². The largest absolute Gasteiger partial charge is 0.478 e. The molecule has 78 valence electrons. The summed E-state index contributed by atoms with van der Waals surface area (Å²) in [5.74, 6) is -2.07. The first kappa shape index (κ1) is 12.4. The lowest BCUT2D eigenvalue weighted by atomic mass is 10.1. The number of aliphatic carboxylic acids is 2. The Morgan fingerprint density at radius 1 is 1.29 bits per heavy atom. The summed E-state index contributed by atoms with van der Waals surface area (Å²) in [5.41, 5.74) is 0.240. The number of hydrogen-bond donors (Lipinski definition) is 2. The zero-order valence-corrected chi connectivity index (χ0v) is 8.06. The molecule has 0 heterocycles. The molecule has 0 bridgehead atoms. The summed E-state index contributed by atoms with van der Waals surface area (Å²) in [7, 11) is 0. The van der Waals surface area contributed by atoms with Gasteiger partial charge in [0.1, 0.15) is 0 Å². The molecule has 0 amide bonds. The zero-order chi connectivity index (χ0) is 11.0. The smallest absolute Gasteiger partial charge is 0.331 e. The summed E-state index contributed by atoms with van der Waals surface area (Å²) >= 11 is 0. The predicted molar refractivity (Wildman–Crippen MR) is 52.0 cm³/mol. The van der Waals surface area contributed by atoms with Crippen molar-refractivity contribution < 1.29 is 19.8 Å². The molecule has 4 nitrogen and oxygen atoms in total. The molecule has 14 heavy (non-hydrogen) atoms. The molecule has 0 saturated carbocycles. The van der Waals surface area contributed by atoms with Crippen molar-refractivity contribution in [2.45, 2.75) is 26.2 Å². The van der Waals surface area contributed by atoms with Crippen molar-refractivity contribution in [2.24, 2.45) is 0 Å². The number of allylic oxidation sites excluding steroid dienone is 2. The Labute approximate surface area is 82.6 Å². The topological polar surface area (TPSA) is 74.6 Å². The molecule has 4 heteroatoms. The van der Waals surface area contributed by atoms with Crippen molar-refractivity contribution in [2.75, 3.05) is 0 Å². The quantitative estimate of drug-likeness (QED) is 0.504. The van der Waals surface area contributed by atoms with Crippen LogP contribution in [0.15, 0.2) is 23.8 Å². The average Bonchev–Trinajstić information content (AvgIpc) is 2.09. The van der Waals surface area contributed by atoms with E-state index in [0.717, 1.165) is 18.9 Å². The molecule has 0 radical (unpaired) electrons. The first-order valence-electron chi connectivity index (χ1n) is 4.41. The lowest BCUT2D eigenvalue weighted by Gasteiger charge is -1.98. The van der Waals surface area contributed by atoms with Gasteiger partial charge >= 0.3 is 11.9 Å². The Balaban J connectivity index is 4.33. The van der Waals surface area contributed by atoms with E-state index in [1.807, 2.05) is 6.92 Å². The summed E-state index contributed by atoms with van der Waals surface area (Å²) < 4.78 is 0. The molecule has 0 spiro atoms. The lowest BCUT2D eigenvalue weighted by Crippen LogP contribution is -2.00. The first-order valence-corrected chi connectivity index (χ1v) is 4.41. The van der Waals surface area contributed by atoms with Crippen LogP contribution in [0.3, 0.4) is 0 Å². The van der Waals surface area contributed by atoms with E-state index in [-0.39, 0.29) is 5.57 Å². The standard InChI is InChI=1S/C10H14O4/c1-2-3-5-8(10(13)14)6-4-7-9(11)12/h4,6-7H,2-3,5H2,1H3,(H,11,12)(H,13,14). The fourth-order valence-electron chi connectivity index (χ4n) is 0.875. The molecule has 0 fully saturated rings. The van der Waals surface area contributed by atoms with E-state index >= 15 is 0 Å². The van der Waals surface area contributed by atoms with E-state index in [2.05, 4.69) is 0 Å². The van der Waals surface area contributed by atoms with Gasteiger partial charge in [-0.2, -0.15) is 0 Å². The van der Waals surface area contributed by atoms with Gasteiger partial charge in [-0.25, -0.2) is 9.59 Å². The van der Waals surface area contributed by atoms with Crippen LogP contribution in [0.25, 0.3) is 0 Å². The van der Waals surface area contributed by atoms with Crippen molar-refractivity contribution in [3.63, 3.8) is 0 Å². The summed E-state index contributed by atoms with van der Waals surface area (Å²) in [4.78, 5) is 20.7. The van der Waals surface area contributed by atoms with Gasteiger partial charge in [0.2, 0.25) is 0 Å². The highest BCUT2D eigenvalue weighted by Gasteiger charge is 2.04. The molecule has 0 atom stereocenters. The van der Waals surface area contributed by atoms with Gasteiger partial charge in [0.05, 0.1) is 0 Å². The molecule has 0 aliphatic heterocycles. The molecule has 0 saturated heterocycles. The van der Waals surface area contributed by atoms with Crippen molar-refractivity contribution >= 4 is 11.9 Å². The third kappa shape index (κ3) is 5.99. The van der Waals surface area contributed by atoms with E-state index in [9.17, 15) is 9.59 Å². The summed E-state index contributed by atoms with van der Waals surface area (Å²) in [5, 5.41) is 17.0. The van der Waals surface area contributed by atoms with Gasteiger partial charge in [-0.3, -0.25) is 0 Å². The van der Waals surface area contributed by atoms with E-state index in [0.29, 0.717) is 6.42 Å². The fraction of sp³-hybridized carbons (Fsp3) is 0.400. The van der Waals surface area contributed by atoms with E-state index in [1.165, 1.54) is 12.2 Å². The SMILES string of the molecule is CCCCC(=CC=CC(=O)O)C(=O)O. The molecule has 2 N–H and O–H groups in total. The maximum Gasteiger partial charge on any atom is 0.331 e. The van der Waals surface area contributed by atoms with Crippen LogP contribution < -0.4 is 0 Å². The second-order valence-electron chi connectivity index (χ2n) is 2.80. The molecule has 0 aromatic rings. The van der Waals surface area contributed by atoms with Gasteiger partial charge in [0.25, 0.3) is 0 Å². The van der Waals surface area contributed by atoms with Gasteiger partial charge in [-0.15, -0.1) is 0 Å². The van der Waals surface area contributed by atoms with Crippen LogP contribution in [0.4, 0.5) is 0 Å². The van der Waals surface area contributed by atoms with Crippen molar-refractivity contribution in [1.82, 2.24) is 0 Å². The fourth-order valence-corrected chi connectivity index (χ4v) is 0.875. The average molecular weight is 198 g/mol. The van der Waals surface area contributed by atoms with Crippen LogP contribution in [-0.4, -0.2) is 22.2 Å². The zero-order valence-electron chi connectivity index (χ0n) is 8.06. The van der Waals surface area contributed by atoms with Crippen LogP contribution in [-0.2, 0) is 9.59 Å². The maximum atomic E-state index is 10.6. The van der Waals surface area contributed by atoms with Crippen molar-refractivity contribution in [3.8, 4) is 0 Å². The Hall–Kier alpha value is -1.58. The van der Waals surface area contributed by atoms with Crippen LogP contribution in [0, 0.1) is 0 Å². The molecule has 0 rings (SSSR count). The van der Waals surface area contributed by atoms with Gasteiger partial charge < -0.3 is 10.2 Å². The van der Waals surface area contributed by atoms with Crippen LogP contribution in [0.2, 0.25) is 0 Å². The normalized spacial score (nSPS) is 11.9. The number of rotatable bonds is 6.